The molecule has 0 rings (SSSR count). The summed E-state index contributed by atoms with van der Waals surface area (Å²) in [6.07, 6.45) is 65.6. The highest BCUT2D eigenvalue weighted by molar-refractivity contribution is 5.71. The molecule has 0 aromatic heterocycles. The summed E-state index contributed by atoms with van der Waals surface area (Å²) in [5.74, 6) is -0.870. The molecule has 0 amide bonds. The van der Waals surface area contributed by atoms with E-state index in [2.05, 4.69) is 57.2 Å². The van der Waals surface area contributed by atoms with E-state index < -0.39 is 6.10 Å². The first-order valence-corrected chi connectivity index (χ1v) is 29.0. The smallest absolute Gasteiger partial charge is 0.306 e. The van der Waals surface area contributed by atoms with Crippen molar-refractivity contribution in [2.45, 2.75) is 316 Å². The van der Waals surface area contributed by atoms with E-state index in [0.29, 0.717) is 19.3 Å². The lowest BCUT2D eigenvalue weighted by Gasteiger charge is -2.18. The van der Waals surface area contributed by atoms with Crippen LogP contribution in [-0.2, 0) is 28.6 Å². The lowest BCUT2D eigenvalue weighted by Crippen LogP contribution is -2.30. The summed E-state index contributed by atoms with van der Waals surface area (Å²) in [7, 11) is 0. The summed E-state index contributed by atoms with van der Waals surface area (Å²) < 4.78 is 16.9. The third-order valence-electron chi connectivity index (χ3n) is 12.9. The van der Waals surface area contributed by atoms with Gasteiger partial charge in [-0.15, -0.1) is 0 Å². The average molecular weight is 928 g/mol. The minimum Gasteiger partial charge on any atom is -0.462 e. The standard InChI is InChI=1S/C60H110O6/c1-4-7-10-13-16-19-22-25-27-29-30-32-33-35-38-41-44-47-50-53-59(62)65-56-57(55-64-58(61)52-49-46-43-40-37-24-21-18-15-12-9-6-3)66-60(63)54-51-48-45-42-39-36-34-31-28-26-23-20-17-14-11-8-5-2/h17,20,26,28-30,57H,4-16,18-19,21-25,27,31-56H2,1-3H3/b20-17-,28-26-,30-29-. The van der Waals surface area contributed by atoms with Gasteiger partial charge in [-0.1, -0.05) is 250 Å². The van der Waals surface area contributed by atoms with E-state index in [1.54, 1.807) is 0 Å². The van der Waals surface area contributed by atoms with E-state index in [9.17, 15) is 14.4 Å². The number of carbonyl (C=O) groups is 3. The first kappa shape index (κ1) is 63.6. The predicted octanol–water partition coefficient (Wildman–Crippen LogP) is 19.3. The van der Waals surface area contributed by atoms with Crippen LogP contribution in [0.15, 0.2) is 36.5 Å². The van der Waals surface area contributed by atoms with Gasteiger partial charge in [0.15, 0.2) is 6.10 Å². The Hall–Kier alpha value is -2.37. The minimum absolute atomic E-state index is 0.0733. The number of hydrogen-bond acceptors (Lipinski definition) is 6. The van der Waals surface area contributed by atoms with Gasteiger partial charge in [0.05, 0.1) is 0 Å². The van der Waals surface area contributed by atoms with Crippen LogP contribution in [0.1, 0.15) is 310 Å². The molecule has 0 N–H and O–H groups in total. The molecule has 0 fully saturated rings. The van der Waals surface area contributed by atoms with E-state index in [1.165, 1.54) is 199 Å². The van der Waals surface area contributed by atoms with Gasteiger partial charge in [-0.05, 0) is 77.0 Å². The Balaban J connectivity index is 4.33. The fourth-order valence-corrected chi connectivity index (χ4v) is 8.47. The van der Waals surface area contributed by atoms with Crippen molar-refractivity contribution >= 4 is 17.9 Å². The van der Waals surface area contributed by atoms with Gasteiger partial charge in [0.2, 0.25) is 0 Å². The molecular formula is C60H110O6. The molecule has 66 heavy (non-hydrogen) atoms. The van der Waals surface area contributed by atoms with Gasteiger partial charge < -0.3 is 14.2 Å². The fraction of sp³-hybridized carbons (Fsp3) is 0.850. The van der Waals surface area contributed by atoms with Crippen LogP contribution < -0.4 is 0 Å². The molecule has 1 atom stereocenters. The molecule has 0 aromatic carbocycles. The largest absolute Gasteiger partial charge is 0.462 e. The highest BCUT2D eigenvalue weighted by Gasteiger charge is 2.19. The molecule has 0 radical (unpaired) electrons. The van der Waals surface area contributed by atoms with Gasteiger partial charge in [0.1, 0.15) is 13.2 Å². The number of unbranched alkanes of at least 4 members (excludes halogenated alkanes) is 36. The zero-order valence-corrected chi connectivity index (χ0v) is 44.2. The average Bonchev–Trinajstić information content (AvgIpc) is 3.31. The molecule has 0 saturated heterocycles. The first-order chi connectivity index (χ1) is 32.5. The van der Waals surface area contributed by atoms with E-state index in [1.807, 2.05) is 0 Å². The molecule has 0 heterocycles. The Morgan fingerprint density at radius 3 is 0.879 bits per heavy atom. The second kappa shape index (κ2) is 55.2. The minimum atomic E-state index is -0.775. The van der Waals surface area contributed by atoms with Crippen molar-refractivity contribution < 1.29 is 28.6 Å². The van der Waals surface area contributed by atoms with Crippen molar-refractivity contribution in [2.75, 3.05) is 13.2 Å². The Labute approximate surface area is 410 Å². The summed E-state index contributed by atoms with van der Waals surface area (Å²) in [6.45, 7) is 6.64. The second-order valence-corrected chi connectivity index (χ2v) is 19.6. The van der Waals surface area contributed by atoms with Gasteiger partial charge in [-0.3, -0.25) is 14.4 Å². The van der Waals surface area contributed by atoms with Crippen LogP contribution in [0.3, 0.4) is 0 Å². The van der Waals surface area contributed by atoms with Gasteiger partial charge in [0.25, 0.3) is 0 Å². The maximum Gasteiger partial charge on any atom is 0.306 e. The number of ether oxygens (including phenoxy) is 3. The van der Waals surface area contributed by atoms with E-state index >= 15 is 0 Å². The van der Waals surface area contributed by atoms with Crippen LogP contribution in [0.2, 0.25) is 0 Å². The monoisotopic (exact) mass is 927 g/mol. The fourth-order valence-electron chi connectivity index (χ4n) is 8.47. The summed E-state index contributed by atoms with van der Waals surface area (Å²) in [5.41, 5.74) is 0. The molecule has 6 nitrogen and oxygen atoms in total. The van der Waals surface area contributed by atoms with Crippen molar-refractivity contribution in [2.24, 2.45) is 0 Å². The van der Waals surface area contributed by atoms with Gasteiger partial charge in [0, 0.05) is 19.3 Å². The van der Waals surface area contributed by atoms with E-state index in [4.69, 9.17) is 14.2 Å². The zero-order valence-electron chi connectivity index (χ0n) is 44.2. The van der Waals surface area contributed by atoms with E-state index in [0.717, 1.165) is 70.6 Å². The summed E-state index contributed by atoms with van der Waals surface area (Å²) in [4.78, 5) is 38.1. The topological polar surface area (TPSA) is 78.9 Å². The molecule has 1 unspecified atom stereocenters. The van der Waals surface area contributed by atoms with Gasteiger partial charge >= 0.3 is 17.9 Å². The Bertz CT molecular complexity index is 1110. The molecule has 0 aliphatic carbocycles. The number of carbonyl (C=O) groups excluding carboxylic acids is 3. The lowest BCUT2D eigenvalue weighted by atomic mass is 10.0. The van der Waals surface area contributed by atoms with Crippen molar-refractivity contribution in [3.05, 3.63) is 36.5 Å². The zero-order chi connectivity index (χ0) is 47.9. The van der Waals surface area contributed by atoms with Crippen LogP contribution in [-0.4, -0.2) is 37.2 Å². The molecule has 0 saturated carbocycles. The highest BCUT2D eigenvalue weighted by Crippen LogP contribution is 2.16. The SMILES string of the molecule is CCCCC/C=C\C/C=C\CCCCCCCCCC(=O)OC(COC(=O)CCCCCCCCC/C=C\CCCCCCCCCC)COC(=O)CCCCCCCCCCCCCC. The Morgan fingerprint density at radius 2 is 0.545 bits per heavy atom. The molecule has 6 heteroatoms. The van der Waals surface area contributed by atoms with Crippen molar-refractivity contribution in [1.29, 1.82) is 0 Å². The van der Waals surface area contributed by atoms with Crippen LogP contribution in [0.25, 0.3) is 0 Å². The first-order valence-electron chi connectivity index (χ1n) is 29.0. The molecule has 0 aliphatic rings. The molecule has 0 aromatic rings. The maximum absolute atomic E-state index is 12.8. The molecule has 0 bridgehead atoms. The normalized spacial score (nSPS) is 12.2. The third kappa shape index (κ3) is 52.6. The number of allylic oxidation sites excluding steroid dienone is 6. The van der Waals surface area contributed by atoms with Crippen molar-refractivity contribution in [3.8, 4) is 0 Å². The quantitative estimate of drug-likeness (QED) is 0.0262. The maximum atomic E-state index is 12.8. The lowest BCUT2D eigenvalue weighted by molar-refractivity contribution is -0.167. The van der Waals surface area contributed by atoms with Crippen LogP contribution in [0.4, 0.5) is 0 Å². The van der Waals surface area contributed by atoms with Crippen LogP contribution >= 0.6 is 0 Å². The van der Waals surface area contributed by atoms with Gasteiger partial charge in [-0.2, -0.15) is 0 Å². The molecule has 386 valence electrons. The summed E-state index contributed by atoms with van der Waals surface area (Å²) >= 11 is 0. The molecule has 0 aliphatic heterocycles. The van der Waals surface area contributed by atoms with Crippen LogP contribution in [0, 0.1) is 0 Å². The Kier molecular flexibility index (Phi) is 53.2. The number of rotatable bonds is 53. The van der Waals surface area contributed by atoms with Crippen LogP contribution in [0.5, 0.6) is 0 Å². The van der Waals surface area contributed by atoms with Crippen molar-refractivity contribution in [3.63, 3.8) is 0 Å². The molecule has 0 spiro atoms. The Morgan fingerprint density at radius 1 is 0.303 bits per heavy atom. The number of esters is 3. The van der Waals surface area contributed by atoms with Crippen molar-refractivity contribution in [1.82, 2.24) is 0 Å². The second-order valence-electron chi connectivity index (χ2n) is 19.6. The summed E-state index contributed by atoms with van der Waals surface area (Å²) in [6, 6.07) is 0. The predicted molar refractivity (Wildman–Crippen MR) is 284 cm³/mol. The number of hydrogen-bond donors (Lipinski definition) is 0. The third-order valence-corrected chi connectivity index (χ3v) is 12.9. The molecular weight excluding hydrogens is 817 g/mol. The van der Waals surface area contributed by atoms with Gasteiger partial charge in [-0.25, -0.2) is 0 Å². The highest BCUT2D eigenvalue weighted by atomic mass is 16.6. The van der Waals surface area contributed by atoms with E-state index in [-0.39, 0.29) is 31.1 Å². The summed E-state index contributed by atoms with van der Waals surface area (Å²) in [5, 5.41) is 0.